The zero-order valence-corrected chi connectivity index (χ0v) is 36.0. The summed E-state index contributed by atoms with van der Waals surface area (Å²) < 4.78 is 0. The second-order valence-corrected chi connectivity index (χ2v) is 14.2. The minimum atomic E-state index is -1.09. The second-order valence-electron chi connectivity index (χ2n) is 14.2. The second kappa shape index (κ2) is 25.6. The van der Waals surface area contributed by atoms with E-state index in [1.54, 1.807) is 48.5 Å². The molecule has 0 heterocycles. The average Bonchev–Trinajstić information content (AvgIpc) is 3.05. The number of carboxylic acid groups (broad SMARTS) is 4. The maximum absolute atomic E-state index is 10.7. The number of aromatic carboxylic acids is 4. The summed E-state index contributed by atoms with van der Waals surface area (Å²) in [6.45, 7) is 16.5. The maximum atomic E-state index is 10.7. The first-order chi connectivity index (χ1) is 24.4. The molecule has 8 nitrogen and oxygen atoms in total. The molecule has 0 saturated carbocycles. The van der Waals surface area contributed by atoms with Crippen molar-refractivity contribution in [1.82, 2.24) is 0 Å². The fraction of sp³-hybridized carbons (Fsp3) is 0.364. The Labute approximate surface area is 335 Å². The molecule has 0 aromatic heterocycles. The zero-order valence-electron chi connectivity index (χ0n) is 32.1. The van der Waals surface area contributed by atoms with Gasteiger partial charge in [-0.05, 0) is 71.6 Å². The van der Waals surface area contributed by atoms with Crippen LogP contribution in [-0.4, -0.2) is 51.2 Å². The van der Waals surface area contributed by atoms with Crippen molar-refractivity contribution in [3.8, 4) is 0 Å². The van der Waals surface area contributed by atoms with E-state index in [1.807, 2.05) is 48.5 Å². The summed E-state index contributed by atoms with van der Waals surface area (Å²) in [6, 6.07) is 28.0. The van der Waals surface area contributed by atoms with Crippen LogP contribution in [0, 0.1) is 23.7 Å². The van der Waals surface area contributed by atoms with Crippen molar-refractivity contribution >= 4 is 51.2 Å². The topological polar surface area (TPSA) is 161 Å². The van der Waals surface area contributed by atoms with Crippen LogP contribution >= 0.6 is 0 Å². The normalized spacial score (nSPS) is 10.2. The van der Waals surface area contributed by atoms with Gasteiger partial charge in [0.25, 0.3) is 0 Å². The summed E-state index contributed by atoms with van der Waals surface area (Å²) in [7, 11) is 0. The first-order valence-electron chi connectivity index (χ1n) is 17.6. The van der Waals surface area contributed by atoms with Crippen LogP contribution in [0.4, 0.5) is 0 Å². The smallest absolute Gasteiger partial charge is 0.0718 e. The third-order valence-corrected chi connectivity index (χ3v) is 7.46. The van der Waals surface area contributed by atoms with Gasteiger partial charge in [-0.25, -0.2) is 0 Å². The quantitative estimate of drug-likeness (QED) is 0.186. The van der Waals surface area contributed by atoms with Crippen LogP contribution in [-0.2, 0) is 25.7 Å². The summed E-state index contributed by atoms with van der Waals surface area (Å²) in [4.78, 5) is 42.8. The van der Waals surface area contributed by atoms with Crippen LogP contribution in [0.1, 0.15) is 119 Å². The molecule has 0 atom stereocenters. The summed E-state index contributed by atoms with van der Waals surface area (Å²) in [5.74, 6) is -2.51. The molecule has 0 unspecified atom stereocenters. The summed E-state index contributed by atoms with van der Waals surface area (Å²) >= 11 is 0. The number of carboxylic acids is 4. The Morgan fingerprint density at radius 1 is 0.358 bits per heavy atom. The van der Waals surface area contributed by atoms with E-state index in [4.69, 9.17) is 0 Å². The predicted molar refractivity (Wildman–Crippen MR) is 203 cm³/mol. The van der Waals surface area contributed by atoms with Gasteiger partial charge in [0, 0.05) is 49.6 Å². The molecule has 0 N–H and O–H groups in total. The van der Waals surface area contributed by atoms with Crippen molar-refractivity contribution < 1.29 is 39.6 Å². The summed E-state index contributed by atoms with van der Waals surface area (Å²) in [5.41, 5.74) is 4.70. The van der Waals surface area contributed by atoms with Crippen LogP contribution in [0.2, 0.25) is 0 Å². The van der Waals surface area contributed by atoms with Crippen LogP contribution < -0.4 is 20.4 Å². The standard InChI is InChI=1S/4C11H14O2.Pb/c4*1-8(2)7-9-5-3-4-6-10(9)11(12)13;/h4*3-6,8H,7H2,1-2H3,(H,12,13);/p-4. The van der Waals surface area contributed by atoms with E-state index < -0.39 is 23.9 Å². The minimum Gasteiger partial charge on any atom is -0.545 e. The van der Waals surface area contributed by atoms with Gasteiger partial charge in [0.05, 0.1) is 23.9 Å². The van der Waals surface area contributed by atoms with E-state index in [0.29, 0.717) is 45.9 Å². The van der Waals surface area contributed by atoms with Gasteiger partial charge in [0.1, 0.15) is 0 Å². The van der Waals surface area contributed by atoms with E-state index in [-0.39, 0.29) is 27.3 Å². The Hall–Kier alpha value is -4.32. The molecule has 0 fully saturated rings. The van der Waals surface area contributed by atoms with Gasteiger partial charge in [0.15, 0.2) is 0 Å². The molecular formula is C44H52O8Pb-4. The van der Waals surface area contributed by atoms with Crippen molar-refractivity contribution in [3.63, 3.8) is 0 Å². The van der Waals surface area contributed by atoms with E-state index in [0.717, 1.165) is 47.9 Å². The van der Waals surface area contributed by atoms with Gasteiger partial charge in [-0.2, -0.15) is 0 Å². The van der Waals surface area contributed by atoms with E-state index in [9.17, 15) is 39.6 Å². The number of rotatable bonds is 12. The van der Waals surface area contributed by atoms with E-state index in [2.05, 4.69) is 55.4 Å². The number of benzene rings is 4. The largest absolute Gasteiger partial charge is 0.545 e. The molecule has 0 aliphatic rings. The van der Waals surface area contributed by atoms with Gasteiger partial charge >= 0.3 is 0 Å². The van der Waals surface area contributed by atoms with Crippen molar-refractivity contribution in [3.05, 3.63) is 142 Å². The molecular weight excluding hydrogens is 864 g/mol. The van der Waals surface area contributed by atoms with E-state index in [1.165, 1.54) is 0 Å². The molecule has 4 aromatic carbocycles. The third-order valence-electron chi connectivity index (χ3n) is 7.46. The fourth-order valence-electron chi connectivity index (χ4n) is 5.35. The van der Waals surface area contributed by atoms with Gasteiger partial charge in [-0.1, -0.05) is 152 Å². The SMILES string of the molecule is CC(C)Cc1ccccc1C(=O)[O-].CC(C)Cc1ccccc1C(=O)[O-].CC(C)Cc1ccccc1C(=O)[O-].CC(C)Cc1ccccc1C(=O)[O-].[Pb]. The first kappa shape index (κ1) is 48.7. The van der Waals surface area contributed by atoms with Gasteiger partial charge in [-0.15, -0.1) is 0 Å². The van der Waals surface area contributed by atoms with Gasteiger partial charge in [-0.3, -0.25) is 0 Å². The summed E-state index contributed by atoms with van der Waals surface area (Å²) in [5, 5.41) is 42.8. The van der Waals surface area contributed by atoms with E-state index >= 15 is 0 Å². The molecule has 4 aromatic rings. The van der Waals surface area contributed by atoms with Gasteiger partial charge in [0.2, 0.25) is 0 Å². The maximum Gasteiger partial charge on any atom is 0.0718 e. The fourth-order valence-corrected chi connectivity index (χ4v) is 5.35. The van der Waals surface area contributed by atoms with Crippen molar-refractivity contribution in [1.29, 1.82) is 0 Å². The van der Waals surface area contributed by atoms with Crippen LogP contribution in [0.25, 0.3) is 0 Å². The number of carbonyl (C=O) groups excluding carboxylic acids is 4. The van der Waals surface area contributed by atoms with Crippen molar-refractivity contribution in [2.24, 2.45) is 23.7 Å². The molecule has 9 heteroatoms. The Morgan fingerprint density at radius 3 is 0.642 bits per heavy atom. The molecule has 0 saturated heterocycles. The van der Waals surface area contributed by atoms with Crippen LogP contribution in [0.3, 0.4) is 0 Å². The Morgan fingerprint density at radius 2 is 0.509 bits per heavy atom. The Kier molecular flexibility index (Phi) is 23.5. The molecule has 0 aliphatic heterocycles. The third kappa shape index (κ3) is 19.4. The Bertz CT molecular complexity index is 1470. The molecule has 284 valence electrons. The van der Waals surface area contributed by atoms with Crippen LogP contribution in [0.5, 0.6) is 0 Å². The zero-order chi connectivity index (χ0) is 39.4. The number of carbonyl (C=O) groups is 4. The molecule has 0 amide bonds. The van der Waals surface area contributed by atoms with Crippen molar-refractivity contribution in [2.45, 2.75) is 81.1 Å². The summed E-state index contributed by atoms with van der Waals surface area (Å²) in [6.07, 6.45) is 3.13. The molecule has 53 heavy (non-hydrogen) atoms. The van der Waals surface area contributed by atoms with Gasteiger partial charge < -0.3 is 39.6 Å². The molecule has 0 spiro atoms. The molecule has 0 aliphatic carbocycles. The molecule has 0 bridgehead atoms. The number of hydrogen-bond acceptors (Lipinski definition) is 8. The monoisotopic (exact) mass is 916 g/mol. The first-order valence-corrected chi connectivity index (χ1v) is 17.6. The molecule has 4 radical (unpaired) electrons. The van der Waals surface area contributed by atoms with Crippen molar-refractivity contribution in [2.75, 3.05) is 0 Å². The Balaban J connectivity index is 0.000000676. The predicted octanol–water partition coefficient (Wildman–Crippen LogP) is 4.61. The minimum absolute atomic E-state index is 0. The van der Waals surface area contributed by atoms with Crippen LogP contribution in [0.15, 0.2) is 97.1 Å². The molecule has 4 rings (SSSR count). The number of hydrogen-bond donors (Lipinski definition) is 0. The average molecular weight is 916 g/mol.